The van der Waals surface area contributed by atoms with Gasteiger partial charge in [-0.05, 0) is 42.0 Å². The van der Waals surface area contributed by atoms with Gasteiger partial charge in [-0.3, -0.25) is 4.79 Å². The molecule has 3 aromatic carbocycles. The largest absolute Gasteiger partial charge is 0.492 e. The number of benzene rings is 3. The van der Waals surface area contributed by atoms with Gasteiger partial charge in [0.25, 0.3) is 5.91 Å². The average Bonchev–Trinajstić information content (AvgIpc) is 2.65. The molecule has 0 radical (unpaired) electrons. The van der Waals surface area contributed by atoms with Crippen molar-refractivity contribution in [3.8, 4) is 11.5 Å². The van der Waals surface area contributed by atoms with E-state index in [-0.39, 0.29) is 5.91 Å². The number of rotatable bonds is 7. The van der Waals surface area contributed by atoms with E-state index in [1.54, 1.807) is 6.92 Å². The molecule has 0 saturated carbocycles. The molecule has 0 heterocycles. The summed E-state index contributed by atoms with van der Waals surface area (Å²) >= 11 is 0. The first kappa shape index (κ1) is 16.8. The van der Waals surface area contributed by atoms with E-state index in [4.69, 9.17) is 9.47 Å². The zero-order valence-corrected chi connectivity index (χ0v) is 14.1. The SMILES string of the molecule is C[C@@H](Oc1ccccc1)C(=O)NCCOc1ccc2ccccc2c1. The van der Waals surface area contributed by atoms with Crippen LogP contribution in [-0.4, -0.2) is 25.2 Å². The number of hydrogen-bond donors (Lipinski definition) is 1. The number of nitrogens with one attached hydrogen (secondary N) is 1. The number of hydrogen-bond acceptors (Lipinski definition) is 3. The summed E-state index contributed by atoms with van der Waals surface area (Å²) in [5.41, 5.74) is 0. The van der Waals surface area contributed by atoms with Crippen LogP contribution >= 0.6 is 0 Å². The molecule has 0 aliphatic carbocycles. The molecule has 1 amide bonds. The van der Waals surface area contributed by atoms with Crippen molar-refractivity contribution < 1.29 is 14.3 Å². The Morgan fingerprint density at radius 2 is 1.64 bits per heavy atom. The number of ether oxygens (including phenoxy) is 2. The summed E-state index contributed by atoms with van der Waals surface area (Å²) in [4.78, 5) is 12.0. The molecule has 0 saturated heterocycles. The first-order valence-corrected chi connectivity index (χ1v) is 8.33. The van der Waals surface area contributed by atoms with Gasteiger partial charge in [-0.25, -0.2) is 0 Å². The number of fused-ring (bicyclic) bond motifs is 1. The van der Waals surface area contributed by atoms with Gasteiger partial charge in [0.1, 0.15) is 18.1 Å². The van der Waals surface area contributed by atoms with Crippen molar-refractivity contribution in [2.24, 2.45) is 0 Å². The predicted octanol–water partition coefficient (Wildman–Crippen LogP) is 3.80. The maximum absolute atomic E-state index is 12.0. The first-order chi connectivity index (χ1) is 12.2. The van der Waals surface area contributed by atoms with Crippen LogP contribution in [0.5, 0.6) is 11.5 Å². The van der Waals surface area contributed by atoms with Gasteiger partial charge in [-0.2, -0.15) is 0 Å². The van der Waals surface area contributed by atoms with E-state index < -0.39 is 6.10 Å². The number of amides is 1. The van der Waals surface area contributed by atoms with E-state index in [2.05, 4.69) is 11.4 Å². The summed E-state index contributed by atoms with van der Waals surface area (Å²) in [7, 11) is 0. The van der Waals surface area contributed by atoms with Crippen LogP contribution in [0.1, 0.15) is 6.92 Å². The van der Waals surface area contributed by atoms with Crippen LogP contribution in [0.2, 0.25) is 0 Å². The van der Waals surface area contributed by atoms with Crippen LogP contribution in [0.25, 0.3) is 10.8 Å². The minimum absolute atomic E-state index is 0.161. The molecule has 0 bridgehead atoms. The number of para-hydroxylation sites is 1. The molecule has 0 aliphatic heterocycles. The molecular formula is C21H21NO3. The zero-order valence-electron chi connectivity index (χ0n) is 14.1. The van der Waals surface area contributed by atoms with E-state index in [0.29, 0.717) is 18.9 Å². The third-order valence-electron chi connectivity index (χ3n) is 3.82. The predicted molar refractivity (Wildman–Crippen MR) is 99.0 cm³/mol. The van der Waals surface area contributed by atoms with Crippen molar-refractivity contribution in [2.45, 2.75) is 13.0 Å². The van der Waals surface area contributed by atoms with Crippen LogP contribution in [0.4, 0.5) is 0 Å². The molecule has 4 nitrogen and oxygen atoms in total. The topological polar surface area (TPSA) is 47.6 Å². The summed E-state index contributed by atoms with van der Waals surface area (Å²) in [6, 6.07) is 23.4. The van der Waals surface area contributed by atoms with Crippen LogP contribution in [0.15, 0.2) is 72.8 Å². The van der Waals surface area contributed by atoms with E-state index in [1.807, 2.05) is 66.7 Å². The van der Waals surface area contributed by atoms with Gasteiger partial charge < -0.3 is 14.8 Å². The molecule has 1 N–H and O–H groups in total. The lowest BCUT2D eigenvalue weighted by Gasteiger charge is -2.15. The van der Waals surface area contributed by atoms with Gasteiger partial charge in [0.2, 0.25) is 0 Å². The number of carbonyl (C=O) groups excluding carboxylic acids is 1. The minimum atomic E-state index is -0.553. The summed E-state index contributed by atoms with van der Waals surface area (Å²) in [6.07, 6.45) is -0.553. The van der Waals surface area contributed by atoms with Gasteiger partial charge in [-0.1, -0.05) is 48.5 Å². The summed E-state index contributed by atoms with van der Waals surface area (Å²) < 4.78 is 11.3. The molecule has 0 fully saturated rings. The Kier molecular flexibility index (Phi) is 5.52. The molecule has 3 aromatic rings. The second kappa shape index (κ2) is 8.20. The van der Waals surface area contributed by atoms with Crippen molar-refractivity contribution in [2.75, 3.05) is 13.2 Å². The third kappa shape index (κ3) is 4.73. The molecule has 25 heavy (non-hydrogen) atoms. The fourth-order valence-electron chi connectivity index (χ4n) is 2.50. The lowest BCUT2D eigenvalue weighted by Crippen LogP contribution is -2.38. The second-order valence-electron chi connectivity index (χ2n) is 5.72. The lowest BCUT2D eigenvalue weighted by atomic mass is 10.1. The minimum Gasteiger partial charge on any atom is -0.492 e. The van der Waals surface area contributed by atoms with Gasteiger partial charge in [0, 0.05) is 0 Å². The van der Waals surface area contributed by atoms with Crippen LogP contribution in [-0.2, 0) is 4.79 Å². The third-order valence-corrected chi connectivity index (χ3v) is 3.82. The van der Waals surface area contributed by atoms with Crippen LogP contribution in [0, 0.1) is 0 Å². The fourth-order valence-corrected chi connectivity index (χ4v) is 2.50. The maximum atomic E-state index is 12.0. The first-order valence-electron chi connectivity index (χ1n) is 8.33. The molecule has 0 spiro atoms. The standard InChI is InChI=1S/C21H21NO3/c1-16(25-19-9-3-2-4-10-19)21(23)22-13-14-24-20-12-11-17-7-5-6-8-18(17)15-20/h2-12,15-16H,13-14H2,1H3,(H,22,23)/t16-/m1/s1. The Hall–Kier alpha value is -3.01. The maximum Gasteiger partial charge on any atom is 0.260 e. The van der Waals surface area contributed by atoms with Crippen LogP contribution < -0.4 is 14.8 Å². The molecular weight excluding hydrogens is 314 g/mol. The Balaban J connectivity index is 1.43. The Labute approximate surface area is 147 Å². The Morgan fingerprint density at radius 3 is 2.44 bits per heavy atom. The highest BCUT2D eigenvalue weighted by Gasteiger charge is 2.13. The molecule has 3 rings (SSSR count). The summed E-state index contributed by atoms with van der Waals surface area (Å²) in [6.45, 7) is 2.56. The van der Waals surface area contributed by atoms with Crippen molar-refractivity contribution >= 4 is 16.7 Å². The Bertz CT molecular complexity index is 833. The van der Waals surface area contributed by atoms with E-state index in [1.165, 1.54) is 5.39 Å². The van der Waals surface area contributed by atoms with Gasteiger partial charge in [0.15, 0.2) is 6.10 Å². The van der Waals surface area contributed by atoms with Crippen LogP contribution in [0.3, 0.4) is 0 Å². The van der Waals surface area contributed by atoms with Crippen molar-refractivity contribution in [3.63, 3.8) is 0 Å². The lowest BCUT2D eigenvalue weighted by molar-refractivity contribution is -0.127. The fraction of sp³-hybridized carbons (Fsp3) is 0.190. The quantitative estimate of drug-likeness (QED) is 0.668. The highest BCUT2D eigenvalue weighted by Crippen LogP contribution is 2.20. The summed E-state index contributed by atoms with van der Waals surface area (Å²) in [5.74, 6) is 1.31. The van der Waals surface area contributed by atoms with Crippen molar-refractivity contribution in [1.82, 2.24) is 5.32 Å². The molecule has 0 unspecified atom stereocenters. The monoisotopic (exact) mass is 335 g/mol. The normalized spacial score (nSPS) is 11.7. The van der Waals surface area contributed by atoms with E-state index in [0.717, 1.165) is 11.1 Å². The van der Waals surface area contributed by atoms with Gasteiger partial charge in [0.05, 0.1) is 6.54 Å². The molecule has 0 aromatic heterocycles. The highest BCUT2D eigenvalue weighted by atomic mass is 16.5. The molecule has 1 atom stereocenters. The zero-order chi connectivity index (χ0) is 17.5. The molecule has 0 aliphatic rings. The average molecular weight is 335 g/mol. The van der Waals surface area contributed by atoms with Crippen molar-refractivity contribution in [3.05, 3.63) is 72.8 Å². The number of carbonyl (C=O) groups is 1. The van der Waals surface area contributed by atoms with Crippen molar-refractivity contribution in [1.29, 1.82) is 0 Å². The Morgan fingerprint density at radius 1 is 0.920 bits per heavy atom. The van der Waals surface area contributed by atoms with Gasteiger partial charge in [-0.15, -0.1) is 0 Å². The second-order valence-corrected chi connectivity index (χ2v) is 5.72. The smallest absolute Gasteiger partial charge is 0.260 e. The van der Waals surface area contributed by atoms with E-state index >= 15 is 0 Å². The van der Waals surface area contributed by atoms with Gasteiger partial charge >= 0.3 is 0 Å². The molecule has 128 valence electrons. The molecule has 4 heteroatoms. The van der Waals surface area contributed by atoms with E-state index in [9.17, 15) is 4.79 Å². The summed E-state index contributed by atoms with van der Waals surface area (Å²) in [5, 5.41) is 5.13. The highest BCUT2D eigenvalue weighted by molar-refractivity contribution is 5.83.